The molecule has 0 bridgehead atoms. The average Bonchev–Trinajstić information content (AvgIpc) is 2.52. The van der Waals surface area contributed by atoms with Crippen molar-refractivity contribution in [2.45, 2.75) is 25.3 Å². The molecule has 2 atom stereocenters. The summed E-state index contributed by atoms with van der Waals surface area (Å²) in [4.78, 5) is 11.1. The van der Waals surface area contributed by atoms with Crippen LogP contribution < -0.4 is 0 Å². The van der Waals surface area contributed by atoms with E-state index in [1.807, 2.05) is 30.3 Å². The van der Waals surface area contributed by atoms with Gasteiger partial charge in [-0.2, -0.15) is 13.2 Å². The van der Waals surface area contributed by atoms with Gasteiger partial charge in [0.2, 0.25) is 0 Å². The van der Waals surface area contributed by atoms with E-state index in [2.05, 4.69) is 4.74 Å². The molecule has 0 radical (unpaired) electrons. The number of alkyl halides is 3. The summed E-state index contributed by atoms with van der Waals surface area (Å²) in [6.45, 7) is 0.590. The van der Waals surface area contributed by atoms with E-state index in [4.69, 9.17) is 4.74 Å². The van der Waals surface area contributed by atoms with Crippen LogP contribution in [0, 0.1) is 5.92 Å². The molecule has 0 aromatic heterocycles. The highest BCUT2D eigenvalue weighted by Gasteiger charge is 2.45. The molecule has 7 heteroatoms. The molecule has 128 valence electrons. The second-order valence-electron chi connectivity index (χ2n) is 4.79. The van der Waals surface area contributed by atoms with Gasteiger partial charge in [0.15, 0.2) is 6.10 Å². The van der Waals surface area contributed by atoms with Crippen LogP contribution in [0.15, 0.2) is 42.5 Å². The van der Waals surface area contributed by atoms with Gasteiger partial charge in [0.25, 0.3) is 0 Å². The van der Waals surface area contributed by atoms with Crippen LogP contribution in [0.5, 0.6) is 0 Å². The van der Waals surface area contributed by atoms with Gasteiger partial charge in [-0.05, 0) is 12.0 Å². The molecule has 0 fully saturated rings. The smallest absolute Gasteiger partial charge is 0.398 e. The molecule has 23 heavy (non-hydrogen) atoms. The number of aliphatic hydroxyl groups excluding tert-OH is 1. The Bertz CT molecular complexity index is 500. The Labute approximate surface area is 132 Å². The molecule has 0 unspecified atom stereocenters. The fourth-order valence-electron chi connectivity index (χ4n) is 1.82. The van der Waals surface area contributed by atoms with Gasteiger partial charge in [-0.1, -0.05) is 42.5 Å². The van der Waals surface area contributed by atoms with Crippen LogP contribution in [0.2, 0.25) is 0 Å². The van der Waals surface area contributed by atoms with Crippen molar-refractivity contribution in [1.29, 1.82) is 0 Å². The van der Waals surface area contributed by atoms with Gasteiger partial charge in [0.05, 0.1) is 20.3 Å². The Morgan fingerprint density at radius 1 is 1.30 bits per heavy atom. The Kier molecular flexibility index (Phi) is 7.77. The van der Waals surface area contributed by atoms with Crippen molar-refractivity contribution in [3.63, 3.8) is 0 Å². The zero-order valence-electron chi connectivity index (χ0n) is 12.6. The molecule has 0 aliphatic heterocycles. The van der Waals surface area contributed by atoms with Crippen molar-refractivity contribution < 1.29 is 32.5 Å². The lowest BCUT2D eigenvalue weighted by Crippen LogP contribution is -2.38. The highest BCUT2D eigenvalue weighted by molar-refractivity contribution is 5.75. The number of benzene rings is 1. The lowest BCUT2D eigenvalue weighted by molar-refractivity contribution is -0.196. The molecule has 0 heterocycles. The molecule has 0 amide bonds. The van der Waals surface area contributed by atoms with Crippen LogP contribution in [0.1, 0.15) is 12.0 Å². The lowest BCUT2D eigenvalue weighted by Gasteiger charge is -2.20. The first kappa shape index (κ1) is 19.2. The molecule has 4 nitrogen and oxygen atoms in total. The Hall–Kier alpha value is -1.86. The number of carbonyl (C=O) groups is 1. The monoisotopic (exact) mass is 332 g/mol. The molecule has 0 saturated carbocycles. The number of methoxy groups -OCH3 is 1. The molecular weight excluding hydrogens is 313 g/mol. The predicted molar refractivity (Wildman–Crippen MR) is 77.4 cm³/mol. The molecule has 1 aromatic rings. The first-order valence-electron chi connectivity index (χ1n) is 6.97. The maximum absolute atomic E-state index is 12.8. The van der Waals surface area contributed by atoms with Crippen molar-refractivity contribution in [2.75, 3.05) is 13.7 Å². The number of hydrogen-bond acceptors (Lipinski definition) is 4. The fraction of sp³-hybridized carbons (Fsp3) is 0.438. The van der Waals surface area contributed by atoms with E-state index in [1.165, 1.54) is 6.08 Å². The minimum atomic E-state index is -4.74. The Balaban J connectivity index is 2.44. The Morgan fingerprint density at radius 2 is 1.96 bits per heavy atom. The summed E-state index contributed by atoms with van der Waals surface area (Å²) < 4.78 is 47.9. The topological polar surface area (TPSA) is 55.8 Å². The van der Waals surface area contributed by atoms with Crippen molar-refractivity contribution >= 4 is 5.97 Å². The van der Waals surface area contributed by atoms with Crippen LogP contribution in [0.3, 0.4) is 0 Å². The zero-order chi connectivity index (χ0) is 17.3. The molecule has 1 N–H and O–H groups in total. The summed E-state index contributed by atoms with van der Waals surface area (Å²) >= 11 is 0. The molecule has 0 aliphatic rings. The summed E-state index contributed by atoms with van der Waals surface area (Å²) in [6.07, 6.45) is -4.80. The highest BCUT2D eigenvalue weighted by Crippen LogP contribution is 2.30. The van der Waals surface area contributed by atoms with E-state index in [0.29, 0.717) is 6.61 Å². The van der Waals surface area contributed by atoms with Crippen LogP contribution in [0.4, 0.5) is 13.2 Å². The SMILES string of the molecule is COC(=O)[C@@H](O)[C@@H](/C=C/CCOCc1ccccc1)C(F)(F)F. The van der Waals surface area contributed by atoms with Crippen molar-refractivity contribution in [3.05, 3.63) is 48.0 Å². The van der Waals surface area contributed by atoms with Gasteiger partial charge >= 0.3 is 12.1 Å². The van der Waals surface area contributed by atoms with Gasteiger partial charge in [-0.3, -0.25) is 0 Å². The van der Waals surface area contributed by atoms with Crippen molar-refractivity contribution in [3.8, 4) is 0 Å². The average molecular weight is 332 g/mol. The summed E-state index contributed by atoms with van der Waals surface area (Å²) in [6, 6.07) is 9.35. The zero-order valence-corrected chi connectivity index (χ0v) is 12.6. The van der Waals surface area contributed by atoms with Gasteiger partial charge in [0.1, 0.15) is 5.92 Å². The standard InChI is InChI=1S/C16H19F3O4/c1-22-15(21)14(20)13(16(17,18)19)9-5-6-10-23-11-12-7-3-2-4-8-12/h2-5,7-9,13-14,20H,6,10-11H2,1H3/b9-5+/t13-,14+/m1/s1. The molecule has 1 aromatic carbocycles. The minimum Gasteiger partial charge on any atom is -0.467 e. The normalized spacial score (nSPS) is 14.7. The maximum Gasteiger partial charge on any atom is 0.398 e. The quantitative estimate of drug-likeness (QED) is 0.452. The number of ether oxygens (including phenoxy) is 2. The van der Waals surface area contributed by atoms with E-state index >= 15 is 0 Å². The van der Waals surface area contributed by atoms with E-state index in [-0.39, 0.29) is 13.0 Å². The largest absolute Gasteiger partial charge is 0.467 e. The first-order chi connectivity index (χ1) is 10.9. The van der Waals surface area contributed by atoms with Crippen LogP contribution in [0.25, 0.3) is 0 Å². The first-order valence-corrected chi connectivity index (χ1v) is 6.97. The van der Waals surface area contributed by atoms with Crippen LogP contribution in [-0.4, -0.2) is 37.1 Å². The molecule has 0 saturated heterocycles. The fourth-order valence-corrected chi connectivity index (χ4v) is 1.82. The van der Waals surface area contributed by atoms with Gasteiger partial charge < -0.3 is 14.6 Å². The number of halogens is 3. The third-order valence-corrected chi connectivity index (χ3v) is 3.04. The molecule has 1 rings (SSSR count). The number of aliphatic hydroxyl groups is 1. The second kappa shape index (κ2) is 9.32. The highest BCUT2D eigenvalue weighted by atomic mass is 19.4. The van der Waals surface area contributed by atoms with E-state index in [1.54, 1.807) is 0 Å². The van der Waals surface area contributed by atoms with Crippen molar-refractivity contribution in [1.82, 2.24) is 0 Å². The minimum absolute atomic E-state index is 0.226. The van der Waals surface area contributed by atoms with Gasteiger partial charge in [0, 0.05) is 0 Å². The summed E-state index contributed by atoms with van der Waals surface area (Å²) in [5, 5.41) is 9.39. The third kappa shape index (κ3) is 6.83. The molecular formula is C16H19F3O4. The predicted octanol–water partition coefficient (Wildman–Crippen LogP) is 2.86. The van der Waals surface area contributed by atoms with E-state index < -0.39 is 24.2 Å². The number of carbonyl (C=O) groups excluding carboxylic acids is 1. The van der Waals surface area contributed by atoms with Crippen molar-refractivity contribution in [2.24, 2.45) is 5.92 Å². The summed E-state index contributed by atoms with van der Waals surface area (Å²) in [5.74, 6) is -3.62. The third-order valence-electron chi connectivity index (χ3n) is 3.04. The lowest BCUT2D eigenvalue weighted by atomic mass is 10.0. The summed E-state index contributed by atoms with van der Waals surface area (Å²) in [5.41, 5.74) is 0.964. The Morgan fingerprint density at radius 3 is 2.52 bits per heavy atom. The van der Waals surface area contributed by atoms with Crippen LogP contribution in [-0.2, 0) is 20.9 Å². The van der Waals surface area contributed by atoms with Gasteiger partial charge in [-0.25, -0.2) is 4.79 Å². The number of rotatable bonds is 8. The van der Waals surface area contributed by atoms with E-state index in [0.717, 1.165) is 18.7 Å². The van der Waals surface area contributed by atoms with Crippen LogP contribution >= 0.6 is 0 Å². The number of esters is 1. The second-order valence-corrected chi connectivity index (χ2v) is 4.79. The maximum atomic E-state index is 12.8. The van der Waals surface area contributed by atoms with E-state index in [9.17, 15) is 23.1 Å². The summed E-state index contributed by atoms with van der Waals surface area (Å²) in [7, 11) is 0.917. The number of hydrogen-bond donors (Lipinski definition) is 1. The van der Waals surface area contributed by atoms with Gasteiger partial charge in [-0.15, -0.1) is 0 Å². The molecule has 0 aliphatic carbocycles. The molecule has 0 spiro atoms.